The molecule has 152 valence electrons. The summed E-state index contributed by atoms with van der Waals surface area (Å²) in [5.74, 6) is -1.48. The molecule has 9 heteroatoms. The van der Waals surface area contributed by atoms with Gasteiger partial charge in [-0.25, -0.2) is 0 Å². The van der Waals surface area contributed by atoms with Gasteiger partial charge in [0, 0.05) is 20.4 Å². The molecular weight excluding hydrogens is 384 g/mol. The maximum atomic E-state index is 12.1. The molecule has 0 spiro atoms. The molecule has 4 atom stereocenters. The highest BCUT2D eigenvalue weighted by molar-refractivity contribution is 7.80. The van der Waals surface area contributed by atoms with Crippen molar-refractivity contribution in [2.75, 3.05) is 11.4 Å². The molecule has 3 rings (SSSR count). The largest absolute Gasteiger partial charge is 0.457 e. The Hall–Kier alpha value is -2.07. The first-order valence-electron chi connectivity index (χ1n) is 9.00. The summed E-state index contributed by atoms with van der Waals surface area (Å²) in [5.41, 5.74) is 0.654. The van der Waals surface area contributed by atoms with E-state index < -0.39 is 36.4 Å². The van der Waals surface area contributed by atoms with Crippen LogP contribution in [0.3, 0.4) is 0 Å². The zero-order chi connectivity index (χ0) is 20.5. The number of rotatable bonds is 4. The van der Waals surface area contributed by atoms with Crippen molar-refractivity contribution in [1.29, 1.82) is 0 Å². The van der Waals surface area contributed by atoms with Gasteiger partial charge in [0.05, 0.1) is 5.69 Å². The standard InChI is InChI=1S/C19H24N2O6S/c1-11(22)21(13-8-6-5-7-9-13)18(28)20-10-14-15(24-12(2)23)16-17(25-14)27-19(3,4)26-16/h5-9,14-17H,10H2,1-4H3,(H,20,28)/t14-,15+,16-,17-/m1/s1. The molecule has 0 aliphatic carbocycles. The van der Waals surface area contributed by atoms with Gasteiger partial charge in [-0.3, -0.25) is 14.5 Å². The third-order valence-corrected chi connectivity index (χ3v) is 4.70. The van der Waals surface area contributed by atoms with Gasteiger partial charge in [-0.05, 0) is 38.2 Å². The van der Waals surface area contributed by atoms with Crippen molar-refractivity contribution in [3.05, 3.63) is 30.3 Å². The second kappa shape index (κ2) is 8.12. The molecule has 0 aromatic heterocycles. The van der Waals surface area contributed by atoms with Crippen LogP contribution in [0.15, 0.2) is 30.3 Å². The number of amides is 1. The molecule has 2 aliphatic heterocycles. The highest BCUT2D eigenvalue weighted by Gasteiger charge is 2.56. The van der Waals surface area contributed by atoms with Crippen molar-refractivity contribution >= 4 is 34.9 Å². The summed E-state index contributed by atoms with van der Waals surface area (Å²) in [7, 11) is 0. The van der Waals surface area contributed by atoms with E-state index in [0.29, 0.717) is 5.69 Å². The second-order valence-corrected chi connectivity index (χ2v) is 7.48. The minimum Gasteiger partial charge on any atom is -0.457 e. The Morgan fingerprint density at radius 3 is 2.50 bits per heavy atom. The smallest absolute Gasteiger partial charge is 0.303 e. The maximum Gasteiger partial charge on any atom is 0.303 e. The van der Waals surface area contributed by atoms with Crippen LogP contribution in [-0.2, 0) is 28.5 Å². The molecule has 1 amide bonds. The maximum absolute atomic E-state index is 12.1. The van der Waals surface area contributed by atoms with Gasteiger partial charge in [0.1, 0.15) is 6.10 Å². The number of carbonyl (C=O) groups is 2. The number of anilines is 1. The van der Waals surface area contributed by atoms with Gasteiger partial charge in [-0.1, -0.05) is 18.2 Å². The number of para-hydroxylation sites is 1. The highest BCUT2D eigenvalue weighted by Crippen LogP contribution is 2.38. The topological polar surface area (TPSA) is 86.3 Å². The van der Waals surface area contributed by atoms with Crippen molar-refractivity contribution in [3.8, 4) is 0 Å². The van der Waals surface area contributed by atoms with E-state index in [9.17, 15) is 9.59 Å². The molecule has 1 aromatic rings. The SMILES string of the molecule is CC(=O)O[C@@H]1[C@H]2OC(C)(C)O[C@H]2O[C@@H]1CNC(=S)N(C(C)=O)c1ccccc1. The van der Waals surface area contributed by atoms with Gasteiger partial charge < -0.3 is 24.3 Å². The number of thiocarbonyl (C=S) groups is 1. The van der Waals surface area contributed by atoms with Gasteiger partial charge in [0.25, 0.3) is 0 Å². The number of esters is 1. The van der Waals surface area contributed by atoms with Crippen molar-refractivity contribution < 1.29 is 28.5 Å². The van der Waals surface area contributed by atoms with E-state index in [2.05, 4.69) is 5.32 Å². The first-order valence-corrected chi connectivity index (χ1v) is 9.40. The van der Waals surface area contributed by atoms with Crippen molar-refractivity contribution in [1.82, 2.24) is 5.32 Å². The zero-order valence-electron chi connectivity index (χ0n) is 16.2. The minimum absolute atomic E-state index is 0.216. The Kier molecular flexibility index (Phi) is 5.99. The minimum atomic E-state index is -0.819. The van der Waals surface area contributed by atoms with E-state index in [1.807, 2.05) is 18.2 Å². The van der Waals surface area contributed by atoms with Gasteiger partial charge in [0.2, 0.25) is 5.91 Å². The van der Waals surface area contributed by atoms with E-state index in [0.717, 1.165) is 0 Å². The summed E-state index contributed by atoms with van der Waals surface area (Å²) in [6.45, 7) is 6.52. The fraction of sp³-hybridized carbons (Fsp3) is 0.526. The number of hydrogen-bond donors (Lipinski definition) is 1. The molecule has 0 saturated carbocycles. The Morgan fingerprint density at radius 2 is 1.89 bits per heavy atom. The lowest BCUT2D eigenvalue weighted by Crippen LogP contribution is -2.48. The van der Waals surface area contributed by atoms with Crippen LogP contribution in [0.2, 0.25) is 0 Å². The number of nitrogens with zero attached hydrogens (tertiary/aromatic N) is 1. The van der Waals surface area contributed by atoms with Crippen molar-refractivity contribution in [2.45, 2.75) is 58.1 Å². The van der Waals surface area contributed by atoms with Crippen LogP contribution >= 0.6 is 12.2 Å². The van der Waals surface area contributed by atoms with Gasteiger partial charge in [-0.15, -0.1) is 0 Å². The Morgan fingerprint density at radius 1 is 1.21 bits per heavy atom. The molecule has 8 nitrogen and oxygen atoms in total. The average Bonchev–Trinajstić information content (AvgIpc) is 3.06. The van der Waals surface area contributed by atoms with Gasteiger partial charge in [-0.2, -0.15) is 0 Å². The van der Waals surface area contributed by atoms with Crippen molar-refractivity contribution in [2.24, 2.45) is 0 Å². The number of benzene rings is 1. The van der Waals surface area contributed by atoms with E-state index >= 15 is 0 Å². The molecular formula is C19H24N2O6S. The van der Waals surface area contributed by atoms with Crippen LogP contribution in [0.1, 0.15) is 27.7 Å². The van der Waals surface area contributed by atoms with Crippen LogP contribution in [0.25, 0.3) is 0 Å². The van der Waals surface area contributed by atoms with E-state index in [1.54, 1.807) is 26.0 Å². The van der Waals surface area contributed by atoms with Gasteiger partial charge >= 0.3 is 5.97 Å². The predicted octanol–water partition coefficient (Wildman–Crippen LogP) is 1.72. The summed E-state index contributed by atoms with van der Waals surface area (Å²) in [4.78, 5) is 25.0. The summed E-state index contributed by atoms with van der Waals surface area (Å²) >= 11 is 5.40. The normalized spacial score (nSPS) is 27.7. The lowest BCUT2D eigenvalue weighted by Gasteiger charge is -2.27. The molecule has 2 heterocycles. The lowest BCUT2D eigenvalue weighted by atomic mass is 10.1. The van der Waals surface area contributed by atoms with Crippen LogP contribution in [-0.4, -0.2) is 53.9 Å². The predicted molar refractivity (Wildman–Crippen MR) is 104 cm³/mol. The monoisotopic (exact) mass is 408 g/mol. The van der Waals surface area contributed by atoms with Gasteiger partial charge in [0.15, 0.2) is 29.4 Å². The number of carbonyl (C=O) groups excluding carboxylic acids is 2. The summed E-state index contributed by atoms with van der Waals surface area (Å²) < 4.78 is 22.8. The Balaban J connectivity index is 1.68. The Labute approximate surface area is 169 Å². The van der Waals surface area contributed by atoms with E-state index in [1.165, 1.54) is 18.7 Å². The molecule has 0 unspecified atom stereocenters. The molecule has 1 N–H and O–H groups in total. The Bertz CT molecular complexity index is 756. The first-order chi connectivity index (χ1) is 13.2. The second-order valence-electron chi connectivity index (χ2n) is 7.09. The van der Waals surface area contributed by atoms with Crippen LogP contribution in [0, 0.1) is 0 Å². The van der Waals surface area contributed by atoms with Crippen molar-refractivity contribution in [3.63, 3.8) is 0 Å². The number of nitrogens with one attached hydrogen (secondary N) is 1. The number of ether oxygens (including phenoxy) is 4. The van der Waals surface area contributed by atoms with Crippen LogP contribution < -0.4 is 10.2 Å². The average molecular weight is 408 g/mol. The quantitative estimate of drug-likeness (QED) is 0.595. The molecule has 2 fully saturated rings. The molecule has 28 heavy (non-hydrogen) atoms. The summed E-state index contributed by atoms with van der Waals surface area (Å²) in [5, 5.41) is 3.25. The number of fused-ring (bicyclic) bond motifs is 1. The highest BCUT2D eigenvalue weighted by atomic mass is 32.1. The molecule has 1 aromatic carbocycles. The molecule has 2 saturated heterocycles. The molecule has 0 bridgehead atoms. The lowest BCUT2D eigenvalue weighted by molar-refractivity contribution is -0.217. The summed E-state index contributed by atoms with van der Waals surface area (Å²) in [6, 6.07) is 9.08. The van der Waals surface area contributed by atoms with Crippen LogP contribution in [0.4, 0.5) is 5.69 Å². The first kappa shape index (κ1) is 20.7. The number of hydrogen-bond acceptors (Lipinski definition) is 7. The molecule has 2 aliphatic rings. The fourth-order valence-corrected chi connectivity index (χ4v) is 3.65. The fourth-order valence-electron chi connectivity index (χ4n) is 3.33. The van der Waals surface area contributed by atoms with E-state index in [4.69, 9.17) is 31.2 Å². The van der Waals surface area contributed by atoms with E-state index in [-0.39, 0.29) is 17.6 Å². The summed E-state index contributed by atoms with van der Waals surface area (Å²) in [6.07, 6.45) is -2.37. The molecule has 0 radical (unpaired) electrons. The zero-order valence-corrected chi connectivity index (χ0v) is 17.0. The van der Waals surface area contributed by atoms with Crippen LogP contribution in [0.5, 0.6) is 0 Å². The third kappa shape index (κ3) is 4.49. The third-order valence-electron chi connectivity index (χ3n) is 4.38.